The topological polar surface area (TPSA) is 55.0 Å². The standard InChI is InChI=1S/C15H22N4S/c1-3-7-14-17-15(20-18-14)19(10-4-2)11-12-8-5-6-9-13(12)16/h5-6,8-9H,3-4,7,10-11,16H2,1-2H3. The summed E-state index contributed by atoms with van der Waals surface area (Å²) in [5, 5.41) is 0.999. The van der Waals surface area contributed by atoms with Crippen molar-refractivity contribution in [3.05, 3.63) is 35.7 Å². The van der Waals surface area contributed by atoms with Crippen LogP contribution in [0.5, 0.6) is 0 Å². The number of para-hydroxylation sites is 1. The van der Waals surface area contributed by atoms with Crippen LogP contribution < -0.4 is 10.6 Å². The Labute approximate surface area is 124 Å². The number of nitrogens with two attached hydrogens (primary N) is 1. The molecule has 2 aromatic rings. The predicted molar refractivity (Wildman–Crippen MR) is 86.1 cm³/mol. The van der Waals surface area contributed by atoms with Gasteiger partial charge in [0.25, 0.3) is 0 Å². The molecule has 0 radical (unpaired) electrons. The highest BCUT2D eigenvalue weighted by Gasteiger charge is 2.13. The van der Waals surface area contributed by atoms with E-state index in [4.69, 9.17) is 5.73 Å². The molecule has 0 spiro atoms. The summed E-state index contributed by atoms with van der Waals surface area (Å²) >= 11 is 1.49. The summed E-state index contributed by atoms with van der Waals surface area (Å²) in [6.07, 6.45) is 3.11. The fourth-order valence-corrected chi connectivity index (χ4v) is 2.83. The zero-order valence-electron chi connectivity index (χ0n) is 12.2. The summed E-state index contributed by atoms with van der Waals surface area (Å²) in [6.45, 7) is 6.08. The molecule has 2 N–H and O–H groups in total. The molecule has 2 rings (SSSR count). The molecule has 0 saturated heterocycles. The number of aryl methyl sites for hydroxylation is 1. The Morgan fingerprint density at radius 1 is 1.20 bits per heavy atom. The van der Waals surface area contributed by atoms with Crippen LogP contribution in [-0.4, -0.2) is 15.9 Å². The van der Waals surface area contributed by atoms with E-state index >= 15 is 0 Å². The van der Waals surface area contributed by atoms with Crippen molar-refractivity contribution in [1.29, 1.82) is 0 Å². The van der Waals surface area contributed by atoms with Gasteiger partial charge in [0, 0.05) is 36.7 Å². The normalized spacial score (nSPS) is 10.7. The first-order chi connectivity index (χ1) is 9.74. The Morgan fingerprint density at radius 3 is 2.70 bits per heavy atom. The zero-order chi connectivity index (χ0) is 14.4. The summed E-state index contributed by atoms with van der Waals surface area (Å²) in [7, 11) is 0. The number of hydrogen-bond acceptors (Lipinski definition) is 5. The number of rotatable bonds is 7. The van der Waals surface area contributed by atoms with E-state index in [0.29, 0.717) is 0 Å². The molecule has 0 aliphatic carbocycles. The molecule has 0 amide bonds. The van der Waals surface area contributed by atoms with Gasteiger partial charge < -0.3 is 10.6 Å². The lowest BCUT2D eigenvalue weighted by Crippen LogP contribution is -2.23. The van der Waals surface area contributed by atoms with Gasteiger partial charge in [0.05, 0.1) is 0 Å². The van der Waals surface area contributed by atoms with Crippen LogP contribution in [0.1, 0.15) is 38.1 Å². The Morgan fingerprint density at radius 2 is 2.00 bits per heavy atom. The molecule has 108 valence electrons. The molecule has 0 bridgehead atoms. The maximum atomic E-state index is 6.04. The summed E-state index contributed by atoms with van der Waals surface area (Å²) in [5.41, 5.74) is 8.02. The zero-order valence-corrected chi connectivity index (χ0v) is 13.0. The van der Waals surface area contributed by atoms with Crippen LogP contribution >= 0.6 is 11.5 Å². The molecule has 0 unspecified atom stereocenters. The molecule has 20 heavy (non-hydrogen) atoms. The first-order valence-electron chi connectivity index (χ1n) is 7.15. The highest BCUT2D eigenvalue weighted by Crippen LogP contribution is 2.22. The van der Waals surface area contributed by atoms with Gasteiger partial charge in [-0.3, -0.25) is 0 Å². The number of benzene rings is 1. The van der Waals surface area contributed by atoms with Crippen LogP contribution in [0.25, 0.3) is 0 Å². The van der Waals surface area contributed by atoms with Gasteiger partial charge >= 0.3 is 0 Å². The molecule has 0 saturated carbocycles. The minimum Gasteiger partial charge on any atom is -0.398 e. The van der Waals surface area contributed by atoms with E-state index in [1.54, 1.807) is 0 Å². The monoisotopic (exact) mass is 290 g/mol. The minimum atomic E-state index is 0.793. The van der Waals surface area contributed by atoms with Crippen LogP contribution in [0, 0.1) is 0 Å². The third-order valence-corrected chi connectivity index (χ3v) is 3.93. The van der Waals surface area contributed by atoms with Crippen molar-refractivity contribution in [3.63, 3.8) is 0 Å². The van der Waals surface area contributed by atoms with Crippen molar-refractivity contribution >= 4 is 22.4 Å². The van der Waals surface area contributed by atoms with Crippen molar-refractivity contribution in [2.24, 2.45) is 0 Å². The second kappa shape index (κ2) is 7.24. The van der Waals surface area contributed by atoms with Gasteiger partial charge in [0.15, 0.2) is 0 Å². The largest absolute Gasteiger partial charge is 0.398 e. The molecule has 0 atom stereocenters. The van der Waals surface area contributed by atoms with Gasteiger partial charge in [0.1, 0.15) is 5.82 Å². The molecule has 0 aliphatic rings. The maximum Gasteiger partial charge on any atom is 0.205 e. The average molecular weight is 290 g/mol. The SMILES string of the molecule is CCCc1nsc(N(CCC)Cc2ccccc2N)n1. The van der Waals surface area contributed by atoms with E-state index in [2.05, 4.69) is 34.2 Å². The van der Waals surface area contributed by atoms with E-state index in [1.807, 2.05) is 18.2 Å². The molecule has 5 heteroatoms. The first-order valence-corrected chi connectivity index (χ1v) is 7.92. The van der Waals surface area contributed by atoms with E-state index in [1.165, 1.54) is 11.5 Å². The Kier molecular flexibility index (Phi) is 5.35. The number of aromatic nitrogens is 2. The van der Waals surface area contributed by atoms with Gasteiger partial charge in [-0.25, -0.2) is 4.98 Å². The Bertz CT molecular complexity index is 538. The van der Waals surface area contributed by atoms with Crippen molar-refractivity contribution in [2.75, 3.05) is 17.2 Å². The summed E-state index contributed by atoms with van der Waals surface area (Å²) in [6, 6.07) is 8.01. The van der Waals surface area contributed by atoms with Crippen molar-refractivity contribution in [2.45, 2.75) is 39.7 Å². The molecular weight excluding hydrogens is 268 g/mol. The molecule has 1 aromatic heterocycles. The highest BCUT2D eigenvalue weighted by atomic mass is 32.1. The number of hydrogen-bond donors (Lipinski definition) is 1. The predicted octanol–water partition coefficient (Wildman–Crippen LogP) is 3.49. The van der Waals surface area contributed by atoms with Crippen molar-refractivity contribution in [1.82, 2.24) is 9.36 Å². The van der Waals surface area contributed by atoms with E-state index in [-0.39, 0.29) is 0 Å². The third-order valence-electron chi connectivity index (χ3n) is 3.11. The van der Waals surface area contributed by atoms with E-state index < -0.39 is 0 Å². The van der Waals surface area contributed by atoms with Gasteiger partial charge in [-0.05, 0) is 24.5 Å². The van der Waals surface area contributed by atoms with Crippen LogP contribution in [-0.2, 0) is 13.0 Å². The molecule has 0 aliphatic heterocycles. The summed E-state index contributed by atoms with van der Waals surface area (Å²) < 4.78 is 4.43. The molecule has 0 fully saturated rings. The van der Waals surface area contributed by atoms with Crippen LogP contribution in [0.15, 0.2) is 24.3 Å². The lowest BCUT2D eigenvalue weighted by atomic mass is 10.1. The second-order valence-corrected chi connectivity index (χ2v) is 5.59. The van der Waals surface area contributed by atoms with Gasteiger partial charge in [-0.2, -0.15) is 4.37 Å². The molecule has 1 aromatic carbocycles. The van der Waals surface area contributed by atoms with E-state index in [0.717, 1.165) is 54.6 Å². The fourth-order valence-electron chi connectivity index (χ4n) is 2.09. The Hall–Kier alpha value is -1.62. The average Bonchev–Trinajstić information content (AvgIpc) is 2.90. The molecular formula is C15H22N4S. The number of anilines is 2. The highest BCUT2D eigenvalue weighted by molar-refractivity contribution is 7.09. The fraction of sp³-hybridized carbons (Fsp3) is 0.467. The third kappa shape index (κ3) is 3.70. The lowest BCUT2D eigenvalue weighted by molar-refractivity contribution is 0.758. The van der Waals surface area contributed by atoms with Crippen molar-refractivity contribution in [3.8, 4) is 0 Å². The second-order valence-electron chi connectivity index (χ2n) is 4.86. The number of nitrogens with zero attached hydrogens (tertiary/aromatic N) is 3. The van der Waals surface area contributed by atoms with Crippen LogP contribution in [0.2, 0.25) is 0 Å². The quantitative estimate of drug-likeness (QED) is 0.793. The maximum absolute atomic E-state index is 6.04. The van der Waals surface area contributed by atoms with Gasteiger partial charge in [-0.15, -0.1) is 0 Å². The first kappa shape index (κ1) is 14.8. The van der Waals surface area contributed by atoms with Crippen LogP contribution in [0.3, 0.4) is 0 Å². The minimum absolute atomic E-state index is 0.793. The Balaban J connectivity index is 2.15. The van der Waals surface area contributed by atoms with Gasteiger partial charge in [-0.1, -0.05) is 32.0 Å². The number of nitrogen functional groups attached to an aromatic ring is 1. The molecule has 4 nitrogen and oxygen atoms in total. The van der Waals surface area contributed by atoms with Gasteiger partial charge in [0.2, 0.25) is 5.13 Å². The molecule has 1 heterocycles. The summed E-state index contributed by atoms with van der Waals surface area (Å²) in [4.78, 5) is 6.90. The van der Waals surface area contributed by atoms with Crippen LogP contribution in [0.4, 0.5) is 10.8 Å². The smallest absolute Gasteiger partial charge is 0.205 e. The summed E-state index contributed by atoms with van der Waals surface area (Å²) in [5.74, 6) is 0.953. The van der Waals surface area contributed by atoms with E-state index in [9.17, 15) is 0 Å². The lowest BCUT2D eigenvalue weighted by Gasteiger charge is -2.21. The van der Waals surface area contributed by atoms with Crippen molar-refractivity contribution < 1.29 is 0 Å².